The Kier molecular flexibility index (Phi) is 8.26. The van der Waals surface area contributed by atoms with Crippen molar-refractivity contribution in [2.45, 2.75) is 39.8 Å². The third-order valence-electron chi connectivity index (χ3n) is 3.72. The Morgan fingerprint density at radius 3 is 2.25 bits per heavy atom. The Labute approximate surface area is 144 Å². The first-order chi connectivity index (χ1) is 11.4. The molecule has 3 N–H and O–H groups in total. The topological polar surface area (TPSA) is 79.5 Å². The molecule has 1 unspecified atom stereocenters. The molecular formula is C18H29N3O3. The average Bonchev–Trinajstić information content (AvgIpc) is 2.57. The first kappa shape index (κ1) is 20.0. The number of amides is 2. The highest BCUT2D eigenvalue weighted by Crippen LogP contribution is 2.12. The van der Waals surface area contributed by atoms with Crippen LogP contribution in [0.25, 0.3) is 0 Å². The minimum absolute atomic E-state index is 0.0124. The van der Waals surface area contributed by atoms with Gasteiger partial charge >= 0.3 is 0 Å². The van der Waals surface area contributed by atoms with Crippen molar-refractivity contribution >= 4 is 11.8 Å². The molecule has 6 heteroatoms. The SMILES string of the molecule is CCN[C@H](C)CNC(=O)C(NC(=O)c1ccc(OC)cc1)C(C)C. The maximum absolute atomic E-state index is 12.4. The highest BCUT2D eigenvalue weighted by Gasteiger charge is 2.24. The van der Waals surface area contributed by atoms with Crippen molar-refractivity contribution < 1.29 is 14.3 Å². The number of carbonyl (C=O) groups is 2. The van der Waals surface area contributed by atoms with Gasteiger partial charge in [-0.15, -0.1) is 0 Å². The molecule has 0 saturated heterocycles. The van der Waals surface area contributed by atoms with Crippen molar-refractivity contribution in [2.75, 3.05) is 20.2 Å². The summed E-state index contributed by atoms with van der Waals surface area (Å²) in [5, 5.41) is 8.93. The number of rotatable bonds is 9. The van der Waals surface area contributed by atoms with E-state index >= 15 is 0 Å². The molecule has 0 bridgehead atoms. The lowest BCUT2D eigenvalue weighted by atomic mass is 10.0. The molecule has 1 rings (SSSR count). The molecule has 0 aliphatic rings. The van der Waals surface area contributed by atoms with E-state index in [9.17, 15) is 9.59 Å². The minimum atomic E-state index is -0.576. The van der Waals surface area contributed by atoms with E-state index in [0.717, 1.165) is 6.54 Å². The van der Waals surface area contributed by atoms with Gasteiger partial charge in [0.15, 0.2) is 0 Å². The molecule has 2 atom stereocenters. The van der Waals surface area contributed by atoms with Gasteiger partial charge in [-0.1, -0.05) is 20.8 Å². The van der Waals surface area contributed by atoms with Gasteiger partial charge in [0, 0.05) is 18.2 Å². The Morgan fingerprint density at radius 2 is 1.75 bits per heavy atom. The average molecular weight is 335 g/mol. The van der Waals surface area contributed by atoms with Gasteiger partial charge in [-0.3, -0.25) is 9.59 Å². The van der Waals surface area contributed by atoms with Crippen LogP contribution in [0.15, 0.2) is 24.3 Å². The molecule has 24 heavy (non-hydrogen) atoms. The third-order valence-corrected chi connectivity index (χ3v) is 3.72. The molecule has 0 aliphatic heterocycles. The Bertz CT molecular complexity index is 529. The van der Waals surface area contributed by atoms with Crippen LogP contribution in [0.1, 0.15) is 38.1 Å². The lowest BCUT2D eigenvalue weighted by molar-refractivity contribution is -0.124. The number of carbonyl (C=O) groups excluding carboxylic acids is 2. The normalized spacial score (nSPS) is 13.2. The molecule has 0 aliphatic carbocycles. The fourth-order valence-corrected chi connectivity index (χ4v) is 2.29. The fourth-order valence-electron chi connectivity index (χ4n) is 2.29. The number of hydrogen-bond donors (Lipinski definition) is 3. The van der Waals surface area contributed by atoms with Crippen LogP contribution in [0.5, 0.6) is 5.75 Å². The second-order valence-corrected chi connectivity index (χ2v) is 6.13. The molecule has 0 spiro atoms. The highest BCUT2D eigenvalue weighted by atomic mass is 16.5. The van der Waals surface area contributed by atoms with E-state index in [2.05, 4.69) is 16.0 Å². The van der Waals surface area contributed by atoms with Crippen LogP contribution in [-0.4, -0.2) is 44.1 Å². The number of ether oxygens (including phenoxy) is 1. The second-order valence-electron chi connectivity index (χ2n) is 6.13. The van der Waals surface area contributed by atoms with Gasteiger partial charge in [0.2, 0.25) is 5.91 Å². The molecule has 1 aromatic rings. The van der Waals surface area contributed by atoms with Gasteiger partial charge in [0.1, 0.15) is 11.8 Å². The van der Waals surface area contributed by atoms with Gasteiger partial charge in [-0.25, -0.2) is 0 Å². The summed E-state index contributed by atoms with van der Waals surface area (Å²) in [6.45, 7) is 9.21. The second kappa shape index (κ2) is 9.93. The quantitative estimate of drug-likeness (QED) is 0.640. The van der Waals surface area contributed by atoms with E-state index in [1.807, 2.05) is 27.7 Å². The lowest BCUT2D eigenvalue weighted by Gasteiger charge is -2.23. The number of nitrogens with one attached hydrogen (secondary N) is 3. The highest BCUT2D eigenvalue weighted by molar-refractivity contribution is 5.97. The smallest absolute Gasteiger partial charge is 0.251 e. The van der Waals surface area contributed by atoms with E-state index in [1.54, 1.807) is 31.4 Å². The van der Waals surface area contributed by atoms with Crippen LogP contribution in [0.4, 0.5) is 0 Å². The summed E-state index contributed by atoms with van der Waals surface area (Å²) in [7, 11) is 1.57. The Balaban J connectivity index is 2.66. The van der Waals surface area contributed by atoms with E-state index in [1.165, 1.54) is 0 Å². The van der Waals surface area contributed by atoms with E-state index in [0.29, 0.717) is 17.9 Å². The minimum Gasteiger partial charge on any atom is -0.497 e. The Hall–Kier alpha value is -2.08. The number of likely N-dealkylation sites (N-methyl/N-ethyl adjacent to an activating group) is 1. The predicted octanol–water partition coefficient (Wildman–Crippen LogP) is 1.56. The molecule has 134 valence electrons. The molecule has 0 fully saturated rings. The summed E-state index contributed by atoms with van der Waals surface area (Å²) < 4.78 is 5.08. The summed E-state index contributed by atoms with van der Waals surface area (Å²) in [5.74, 6) is 0.228. The fraction of sp³-hybridized carbons (Fsp3) is 0.556. The van der Waals surface area contributed by atoms with Crippen molar-refractivity contribution in [2.24, 2.45) is 5.92 Å². The maximum Gasteiger partial charge on any atom is 0.251 e. The monoisotopic (exact) mass is 335 g/mol. The number of methoxy groups -OCH3 is 1. The number of benzene rings is 1. The molecule has 6 nitrogen and oxygen atoms in total. The van der Waals surface area contributed by atoms with Crippen LogP contribution >= 0.6 is 0 Å². The zero-order chi connectivity index (χ0) is 18.1. The van der Waals surface area contributed by atoms with Gasteiger partial charge in [-0.2, -0.15) is 0 Å². The maximum atomic E-state index is 12.4. The van der Waals surface area contributed by atoms with Crippen molar-refractivity contribution in [3.63, 3.8) is 0 Å². The van der Waals surface area contributed by atoms with E-state index in [-0.39, 0.29) is 23.8 Å². The Morgan fingerprint density at radius 1 is 1.12 bits per heavy atom. The molecule has 0 saturated carbocycles. The number of hydrogen-bond acceptors (Lipinski definition) is 4. The van der Waals surface area contributed by atoms with Crippen LogP contribution in [0.2, 0.25) is 0 Å². The van der Waals surface area contributed by atoms with Gasteiger partial charge in [0.25, 0.3) is 5.91 Å². The van der Waals surface area contributed by atoms with Crippen molar-refractivity contribution in [3.05, 3.63) is 29.8 Å². The van der Waals surface area contributed by atoms with Crippen molar-refractivity contribution in [1.82, 2.24) is 16.0 Å². The van der Waals surface area contributed by atoms with Crippen LogP contribution < -0.4 is 20.7 Å². The summed E-state index contributed by atoms with van der Waals surface area (Å²) >= 11 is 0. The summed E-state index contributed by atoms with van der Waals surface area (Å²) in [5.41, 5.74) is 0.496. The molecular weight excluding hydrogens is 306 g/mol. The molecule has 2 amide bonds. The summed E-state index contributed by atoms with van der Waals surface area (Å²) in [6.07, 6.45) is 0. The zero-order valence-electron chi connectivity index (χ0n) is 15.2. The van der Waals surface area contributed by atoms with E-state index < -0.39 is 6.04 Å². The van der Waals surface area contributed by atoms with E-state index in [4.69, 9.17) is 4.74 Å². The molecule has 0 radical (unpaired) electrons. The summed E-state index contributed by atoms with van der Waals surface area (Å²) in [4.78, 5) is 24.7. The van der Waals surface area contributed by atoms with Crippen LogP contribution in [0.3, 0.4) is 0 Å². The first-order valence-electron chi connectivity index (χ1n) is 8.35. The standard InChI is InChI=1S/C18H29N3O3/c1-6-19-13(4)11-20-18(23)16(12(2)3)21-17(22)14-7-9-15(24-5)10-8-14/h7-10,12-13,16,19H,6,11H2,1-5H3,(H,20,23)(H,21,22)/t13-,16?/m1/s1. The lowest BCUT2D eigenvalue weighted by Crippen LogP contribution is -2.51. The van der Waals surface area contributed by atoms with Crippen molar-refractivity contribution in [3.8, 4) is 5.75 Å². The van der Waals surface area contributed by atoms with Gasteiger partial charge in [0.05, 0.1) is 7.11 Å². The molecule has 0 heterocycles. The van der Waals surface area contributed by atoms with Crippen LogP contribution in [0, 0.1) is 5.92 Å². The van der Waals surface area contributed by atoms with Gasteiger partial charge < -0.3 is 20.7 Å². The largest absolute Gasteiger partial charge is 0.497 e. The molecule has 1 aromatic carbocycles. The first-order valence-corrected chi connectivity index (χ1v) is 8.35. The summed E-state index contributed by atoms with van der Waals surface area (Å²) in [6, 6.07) is 6.40. The predicted molar refractivity (Wildman–Crippen MR) is 95.2 cm³/mol. The van der Waals surface area contributed by atoms with Gasteiger partial charge in [-0.05, 0) is 43.7 Å². The van der Waals surface area contributed by atoms with Crippen molar-refractivity contribution in [1.29, 1.82) is 0 Å². The zero-order valence-corrected chi connectivity index (χ0v) is 15.2. The van der Waals surface area contributed by atoms with Crippen LogP contribution in [-0.2, 0) is 4.79 Å². The molecule has 0 aromatic heterocycles. The third kappa shape index (κ3) is 6.20.